The van der Waals surface area contributed by atoms with Crippen molar-refractivity contribution in [3.63, 3.8) is 0 Å². The zero-order valence-electron chi connectivity index (χ0n) is 19.0. The molecule has 2 aromatic heterocycles. The molecule has 1 saturated heterocycles. The van der Waals surface area contributed by atoms with Gasteiger partial charge in [0.2, 0.25) is 11.8 Å². The quantitative estimate of drug-likeness (QED) is 0.647. The summed E-state index contributed by atoms with van der Waals surface area (Å²) >= 11 is 0. The van der Waals surface area contributed by atoms with E-state index in [0.717, 1.165) is 50.0 Å². The van der Waals surface area contributed by atoms with E-state index in [2.05, 4.69) is 26.8 Å². The number of carbonyl (C=O) groups is 2. The van der Waals surface area contributed by atoms with Crippen LogP contribution in [0.2, 0.25) is 0 Å². The maximum Gasteiger partial charge on any atom is 0.247 e. The maximum absolute atomic E-state index is 13.3. The van der Waals surface area contributed by atoms with E-state index < -0.39 is 5.54 Å². The minimum absolute atomic E-state index is 0.00345. The second kappa shape index (κ2) is 9.55. The predicted octanol–water partition coefficient (Wildman–Crippen LogP) is 3.64. The molecule has 32 heavy (non-hydrogen) atoms. The van der Waals surface area contributed by atoms with Crippen LogP contribution in [0.1, 0.15) is 44.4 Å². The van der Waals surface area contributed by atoms with Crippen LogP contribution >= 0.6 is 0 Å². The van der Waals surface area contributed by atoms with Crippen molar-refractivity contribution in [2.45, 2.75) is 51.5 Å². The molecule has 1 aliphatic heterocycles. The van der Waals surface area contributed by atoms with E-state index in [0.29, 0.717) is 5.92 Å². The Bertz CT molecular complexity index is 1070. The fourth-order valence-corrected chi connectivity index (χ4v) is 4.66. The molecule has 6 heteroatoms. The fourth-order valence-electron chi connectivity index (χ4n) is 4.66. The molecule has 1 N–H and O–H groups in total. The summed E-state index contributed by atoms with van der Waals surface area (Å²) in [5.74, 6) is 0.392. The molecule has 1 unspecified atom stereocenters. The van der Waals surface area contributed by atoms with E-state index >= 15 is 0 Å². The Morgan fingerprint density at radius 3 is 2.69 bits per heavy atom. The molecule has 3 aromatic rings. The number of benzene rings is 1. The monoisotopic (exact) mass is 432 g/mol. The summed E-state index contributed by atoms with van der Waals surface area (Å²) in [6.07, 6.45) is 8.13. The number of imidazole rings is 1. The van der Waals surface area contributed by atoms with Crippen LogP contribution in [0.25, 0.3) is 5.65 Å². The third-order valence-corrected chi connectivity index (χ3v) is 6.34. The molecular formula is C26H32N4O2. The molecular weight excluding hydrogens is 400 g/mol. The van der Waals surface area contributed by atoms with Crippen molar-refractivity contribution >= 4 is 17.5 Å². The summed E-state index contributed by atoms with van der Waals surface area (Å²) in [5.41, 5.74) is 2.26. The number of nitrogens with zero attached hydrogens (tertiary/aromatic N) is 3. The lowest BCUT2D eigenvalue weighted by Gasteiger charge is -2.32. The molecule has 1 atom stereocenters. The number of aromatic nitrogens is 2. The van der Waals surface area contributed by atoms with Gasteiger partial charge in [-0.15, -0.1) is 0 Å². The van der Waals surface area contributed by atoms with Gasteiger partial charge in [0.1, 0.15) is 11.2 Å². The van der Waals surface area contributed by atoms with Gasteiger partial charge in [-0.1, -0.05) is 36.4 Å². The summed E-state index contributed by atoms with van der Waals surface area (Å²) in [7, 11) is 0. The number of amides is 2. The van der Waals surface area contributed by atoms with Gasteiger partial charge in [0.05, 0.1) is 6.42 Å². The number of carbonyl (C=O) groups excluding carboxylic acids is 2. The third kappa shape index (κ3) is 5.18. The van der Waals surface area contributed by atoms with Crippen LogP contribution in [0.3, 0.4) is 0 Å². The van der Waals surface area contributed by atoms with Gasteiger partial charge in [-0.25, -0.2) is 4.98 Å². The first-order chi connectivity index (χ1) is 15.4. The van der Waals surface area contributed by atoms with Crippen molar-refractivity contribution in [1.29, 1.82) is 0 Å². The molecule has 4 rings (SSSR count). The van der Waals surface area contributed by atoms with E-state index in [9.17, 15) is 9.59 Å². The number of rotatable bonds is 6. The lowest BCUT2D eigenvalue weighted by atomic mass is 9.95. The summed E-state index contributed by atoms with van der Waals surface area (Å²) < 4.78 is 2.15. The molecule has 0 spiro atoms. The van der Waals surface area contributed by atoms with E-state index in [-0.39, 0.29) is 18.2 Å². The van der Waals surface area contributed by atoms with Crippen molar-refractivity contribution in [2.24, 2.45) is 5.92 Å². The van der Waals surface area contributed by atoms with Crippen LogP contribution in [-0.2, 0) is 22.4 Å². The molecule has 2 amide bonds. The van der Waals surface area contributed by atoms with E-state index in [1.165, 1.54) is 5.69 Å². The zero-order valence-corrected chi connectivity index (χ0v) is 19.0. The molecule has 1 aliphatic rings. The molecule has 0 saturated carbocycles. The summed E-state index contributed by atoms with van der Waals surface area (Å²) in [5, 5.41) is 2.95. The number of fused-ring (bicyclic) bond motifs is 1. The number of likely N-dealkylation sites (tertiary alicyclic amines) is 1. The SMILES string of the molecule is CC(C)(NC(=O)Cc1ccccc1)C(=O)N1CCCC(Cc2cccc3nccn23)CC1. The first-order valence-corrected chi connectivity index (χ1v) is 11.5. The first-order valence-electron chi connectivity index (χ1n) is 11.5. The van der Waals surface area contributed by atoms with Gasteiger partial charge < -0.3 is 14.6 Å². The summed E-state index contributed by atoms with van der Waals surface area (Å²) in [6, 6.07) is 15.8. The van der Waals surface area contributed by atoms with Gasteiger partial charge in [-0.3, -0.25) is 9.59 Å². The average Bonchev–Trinajstić information content (AvgIpc) is 3.14. The van der Waals surface area contributed by atoms with Gasteiger partial charge in [0.15, 0.2) is 0 Å². The van der Waals surface area contributed by atoms with Crippen LogP contribution in [0.5, 0.6) is 0 Å². The van der Waals surface area contributed by atoms with Crippen LogP contribution in [0, 0.1) is 5.92 Å². The topological polar surface area (TPSA) is 66.7 Å². The molecule has 1 fully saturated rings. The Kier molecular flexibility index (Phi) is 6.58. The standard InChI is InChI=1S/C26H32N4O2/c1-26(2,28-24(31)19-20-8-4-3-5-9-20)25(32)29-15-7-10-21(13-16-29)18-22-11-6-12-23-27-14-17-30(22)23/h3-6,8-9,11-12,14,17,21H,7,10,13,15-16,18-19H2,1-2H3,(H,28,31). The summed E-state index contributed by atoms with van der Waals surface area (Å²) in [6.45, 7) is 5.07. The Labute approximate surface area is 189 Å². The van der Waals surface area contributed by atoms with Gasteiger partial charge in [0, 0.05) is 31.2 Å². The first kappa shape index (κ1) is 22.1. The number of pyridine rings is 1. The highest BCUT2D eigenvalue weighted by atomic mass is 16.2. The predicted molar refractivity (Wildman–Crippen MR) is 125 cm³/mol. The second-order valence-electron chi connectivity index (χ2n) is 9.30. The zero-order chi connectivity index (χ0) is 22.6. The van der Waals surface area contributed by atoms with E-state index in [4.69, 9.17) is 0 Å². The molecule has 6 nitrogen and oxygen atoms in total. The minimum atomic E-state index is -0.923. The Balaban J connectivity index is 1.34. The molecule has 168 valence electrons. The Morgan fingerprint density at radius 2 is 1.88 bits per heavy atom. The second-order valence-corrected chi connectivity index (χ2v) is 9.30. The highest BCUT2D eigenvalue weighted by Gasteiger charge is 2.34. The van der Waals surface area contributed by atoms with Gasteiger partial charge in [-0.05, 0) is 63.1 Å². The Morgan fingerprint density at radius 1 is 1.06 bits per heavy atom. The largest absolute Gasteiger partial charge is 0.342 e. The van der Waals surface area contributed by atoms with Crippen LogP contribution in [-0.4, -0.2) is 44.7 Å². The number of hydrogen-bond donors (Lipinski definition) is 1. The molecule has 3 heterocycles. The van der Waals surface area contributed by atoms with Gasteiger partial charge >= 0.3 is 0 Å². The minimum Gasteiger partial charge on any atom is -0.342 e. The maximum atomic E-state index is 13.3. The lowest BCUT2D eigenvalue weighted by molar-refractivity contribution is -0.140. The smallest absolute Gasteiger partial charge is 0.247 e. The molecule has 0 aliphatic carbocycles. The van der Waals surface area contributed by atoms with Crippen LogP contribution in [0.15, 0.2) is 60.9 Å². The highest BCUT2D eigenvalue weighted by Crippen LogP contribution is 2.24. The van der Waals surface area contributed by atoms with E-state index in [1.54, 1.807) is 13.8 Å². The lowest BCUT2D eigenvalue weighted by Crippen LogP contribution is -2.56. The van der Waals surface area contributed by atoms with Gasteiger partial charge in [-0.2, -0.15) is 0 Å². The molecule has 0 bridgehead atoms. The highest BCUT2D eigenvalue weighted by molar-refractivity contribution is 5.91. The van der Waals surface area contributed by atoms with Crippen molar-refractivity contribution in [3.8, 4) is 0 Å². The summed E-state index contributed by atoms with van der Waals surface area (Å²) in [4.78, 5) is 32.1. The molecule has 1 aromatic carbocycles. The number of nitrogens with one attached hydrogen (secondary N) is 1. The van der Waals surface area contributed by atoms with E-state index in [1.807, 2.05) is 53.7 Å². The van der Waals surface area contributed by atoms with Gasteiger partial charge in [0.25, 0.3) is 0 Å². The normalized spacial score (nSPS) is 17.2. The third-order valence-electron chi connectivity index (χ3n) is 6.34. The molecule has 0 radical (unpaired) electrons. The van der Waals surface area contributed by atoms with Crippen molar-refractivity contribution in [1.82, 2.24) is 19.6 Å². The average molecular weight is 433 g/mol. The number of hydrogen-bond acceptors (Lipinski definition) is 3. The van der Waals surface area contributed by atoms with Crippen molar-refractivity contribution < 1.29 is 9.59 Å². The fraction of sp³-hybridized carbons (Fsp3) is 0.423. The van der Waals surface area contributed by atoms with Crippen LogP contribution in [0.4, 0.5) is 0 Å². The Hall–Kier alpha value is -3.15. The van der Waals surface area contributed by atoms with Crippen LogP contribution < -0.4 is 5.32 Å². The van der Waals surface area contributed by atoms with Crippen molar-refractivity contribution in [3.05, 3.63) is 72.2 Å². The van der Waals surface area contributed by atoms with Crippen molar-refractivity contribution in [2.75, 3.05) is 13.1 Å².